The SMILES string of the molecule is CC[SiH2]C(OC)OC.O. The monoisotopic (exact) mass is 152 g/mol. The van der Waals surface area contributed by atoms with Gasteiger partial charge in [-0.2, -0.15) is 0 Å². The fourth-order valence-electron chi connectivity index (χ4n) is 0.568. The van der Waals surface area contributed by atoms with E-state index in [1.807, 2.05) is 0 Å². The molecule has 0 saturated heterocycles. The van der Waals surface area contributed by atoms with Gasteiger partial charge in [-0.1, -0.05) is 13.0 Å². The van der Waals surface area contributed by atoms with E-state index in [4.69, 9.17) is 9.47 Å². The van der Waals surface area contributed by atoms with Crippen molar-refractivity contribution in [1.82, 2.24) is 0 Å². The van der Waals surface area contributed by atoms with Crippen LogP contribution in [-0.4, -0.2) is 35.1 Å². The maximum absolute atomic E-state index is 4.98. The topological polar surface area (TPSA) is 50.0 Å². The third-order valence-corrected chi connectivity index (χ3v) is 2.77. The molecule has 0 bridgehead atoms. The Morgan fingerprint density at radius 1 is 1.33 bits per heavy atom. The van der Waals surface area contributed by atoms with Gasteiger partial charge in [0, 0.05) is 14.2 Å². The number of hydrogen-bond donors (Lipinski definition) is 0. The Kier molecular flexibility index (Phi) is 10.7. The maximum Gasteiger partial charge on any atom is 0.134 e. The number of ether oxygens (including phenoxy) is 2. The van der Waals surface area contributed by atoms with E-state index in [1.165, 1.54) is 6.04 Å². The first-order chi connectivity index (χ1) is 3.85. The Labute approximate surface area is 58.5 Å². The Morgan fingerprint density at radius 3 is 1.89 bits per heavy atom. The summed E-state index contributed by atoms with van der Waals surface area (Å²) in [6, 6.07) is 1.24. The summed E-state index contributed by atoms with van der Waals surface area (Å²) in [6.45, 7) is 2.16. The molecule has 0 saturated carbocycles. The van der Waals surface area contributed by atoms with E-state index >= 15 is 0 Å². The summed E-state index contributed by atoms with van der Waals surface area (Å²) in [6.07, 6.45) is 0. The molecule has 0 aromatic rings. The van der Waals surface area contributed by atoms with Crippen molar-refractivity contribution < 1.29 is 14.9 Å². The largest absolute Gasteiger partial charge is 0.412 e. The van der Waals surface area contributed by atoms with Gasteiger partial charge in [-0.3, -0.25) is 0 Å². The predicted molar refractivity (Wildman–Crippen MR) is 40.4 cm³/mol. The van der Waals surface area contributed by atoms with Crippen molar-refractivity contribution in [2.45, 2.75) is 18.9 Å². The zero-order valence-corrected chi connectivity index (χ0v) is 7.72. The molecule has 0 radical (unpaired) electrons. The highest BCUT2D eigenvalue weighted by molar-refractivity contribution is 6.36. The molecule has 3 nitrogen and oxygen atoms in total. The van der Waals surface area contributed by atoms with Crippen LogP contribution < -0.4 is 0 Å². The van der Waals surface area contributed by atoms with Crippen LogP contribution in [-0.2, 0) is 9.47 Å². The van der Waals surface area contributed by atoms with Crippen LogP contribution >= 0.6 is 0 Å². The summed E-state index contributed by atoms with van der Waals surface area (Å²) in [5, 5.41) is 0. The Bertz CT molecular complexity index is 47.5. The van der Waals surface area contributed by atoms with Gasteiger partial charge in [0.15, 0.2) is 0 Å². The zero-order chi connectivity index (χ0) is 6.41. The van der Waals surface area contributed by atoms with Crippen molar-refractivity contribution in [3.05, 3.63) is 0 Å². The Morgan fingerprint density at radius 2 is 1.78 bits per heavy atom. The van der Waals surface area contributed by atoms with Gasteiger partial charge < -0.3 is 14.9 Å². The first-order valence-electron chi connectivity index (χ1n) is 2.90. The first kappa shape index (κ1) is 11.8. The Hall–Kier alpha value is 0.0969. The van der Waals surface area contributed by atoms with Gasteiger partial charge in [0.1, 0.15) is 5.91 Å². The van der Waals surface area contributed by atoms with Crippen LogP contribution in [0.15, 0.2) is 0 Å². The maximum atomic E-state index is 4.98. The third-order valence-electron chi connectivity index (χ3n) is 1.05. The molecule has 0 atom stereocenters. The van der Waals surface area contributed by atoms with E-state index in [0.29, 0.717) is 0 Å². The van der Waals surface area contributed by atoms with Gasteiger partial charge in [0.25, 0.3) is 0 Å². The van der Waals surface area contributed by atoms with Crippen LogP contribution in [0.4, 0.5) is 0 Å². The van der Waals surface area contributed by atoms with E-state index < -0.39 is 0 Å². The fraction of sp³-hybridized carbons (Fsp3) is 1.00. The first-order valence-corrected chi connectivity index (χ1v) is 4.72. The fourth-order valence-corrected chi connectivity index (χ4v) is 1.51. The lowest BCUT2D eigenvalue weighted by Gasteiger charge is -2.09. The highest BCUT2D eigenvalue weighted by atomic mass is 28.2. The van der Waals surface area contributed by atoms with E-state index in [0.717, 1.165) is 0 Å². The molecule has 58 valence electrons. The molecule has 0 aromatic heterocycles. The van der Waals surface area contributed by atoms with E-state index in [1.54, 1.807) is 14.2 Å². The summed E-state index contributed by atoms with van der Waals surface area (Å²) in [5.74, 6) is 0.139. The number of hydrogen-bond acceptors (Lipinski definition) is 2. The highest BCUT2D eigenvalue weighted by Crippen LogP contribution is 1.89. The van der Waals surface area contributed by atoms with Crippen molar-refractivity contribution in [3.8, 4) is 0 Å². The molecule has 0 aliphatic rings. The van der Waals surface area contributed by atoms with Crippen molar-refractivity contribution in [3.63, 3.8) is 0 Å². The summed E-state index contributed by atoms with van der Waals surface area (Å²) < 4.78 is 9.96. The minimum atomic E-state index is -0.109. The normalized spacial score (nSPS) is 10.7. The van der Waals surface area contributed by atoms with Crippen molar-refractivity contribution in [2.24, 2.45) is 0 Å². The third kappa shape index (κ3) is 5.98. The van der Waals surface area contributed by atoms with Crippen molar-refractivity contribution in [1.29, 1.82) is 0 Å². The minimum Gasteiger partial charge on any atom is -0.412 e. The summed E-state index contributed by atoms with van der Waals surface area (Å²) in [7, 11) is 3.27. The van der Waals surface area contributed by atoms with Gasteiger partial charge in [-0.25, -0.2) is 0 Å². The molecule has 0 aliphatic carbocycles. The van der Waals surface area contributed by atoms with Crippen LogP contribution in [0.3, 0.4) is 0 Å². The Balaban J connectivity index is 0. The predicted octanol–water partition coefficient (Wildman–Crippen LogP) is -0.655. The van der Waals surface area contributed by atoms with Crippen LogP contribution in [0.5, 0.6) is 0 Å². The standard InChI is InChI=1S/C5H14O2Si.H2O/c1-4-8-5(6-2)7-3;/h5H,4,8H2,1-3H3;1H2. The van der Waals surface area contributed by atoms with Crippen molar-refractivity contribution in [2.75, 3.05) is 14.2 Å². The van der Waals surface area contributed by atoms with Crippen molar-refractivity contribution >= 4 is 9.52 Å². The quantitative estimate of drug-likeness (QED) is 0.397. The molecule has 2 N–H and O–H groups in total. The lowest BCUT2D eigenvalue weighted by molar-refractivity contribution is -0.0440. The molecule has 0 heterocycles. The zero-order valence-electron chi connectivity index (χ0n) is 6.31. The van der Waals surface area contributed by atoms with Crippen LogP contribution in [0.25, 0.3) is 0 Å². The molecule has 0 aliphatic heterocycles. The number of methoxy groups -OCH3 is 2. The molecule has 0 unspecified atom stereocenters. The molecule has 0 aromatic carbocycles. The second-order valence-corrected chi connectivity index (χ2v) is 3.93. The average Bonchev–Trinajstić information content (AvgIpc) is 1.83. The molecule has 0 amide bonds. The summed E-state index contributed by atoms with van der Waals surface area (Å²) in [4.78, 5) is 0. The smallest absolute Gasteiger partial charge is 0.134 e. The highest BCUT2D eigenvalue weighted by Gasteiger charge is 2.00. The van der Waals surface area contributed by atoms with Gasteiger partial charge >= 0.3 is 0 Å². The number of rotatable bonds is 4. The van der Waals surface area contributed by atoms with Crippen LogP contribution in [0.2, 0.25) is 6.04 Å². The van der Waals surface area contributed by atoms with E-state index in [-0.39, 0.29) is 20.9 Å². The van der Waals surface area contributed by atoms with E-state index in [9.17, 15) is 0 Å². The summed E-state index contributed by atoms with van der Waals surface area (Å²) >= 11 is 0. The van der Waals surface area contributed by atoms with Gasteiger partial charge in [0.05, 0.1) is 9.52 Å². The van der Waals surface area contributed by atoms with E-state index in [2.05, 4.69) is 6.92 Å². The second kappa shape index (κ2) is 8.10. The van der Waals surface area contributed by atoms with Gasteiger partial charge in [-0.05, 0) is 0 Å². The molecule has 0 spiro atoms. The van der Waals surface area contributed by atoms with Gasteiger partial charge in [0.2, 0.25) is 0 Å². The molecular formula is C5H16O3Si. The molecule has 9 heavy (non-hydrogen) atoms. The lowest BCUT2D eigenvalue weighted by atomic mass is 11.0. The minimum absolute atomic E-state index is 0. The summed E-state index contributed by atoms with van der Waals surface area (Å²) in [5.41, 5.74) is 0. The average molecular weight is 152 g/mol. The molecular weight excluding hydrogens is 136 g/mol. The molecule has 0 rings (SSSR count). The van der Waals surface area contributed by atoms with Crippen LogP contribution in [0.1, 0.15) is 6.92 Å². The van der Waals surface area contributed by atoms with Gasteiger partial charge in [-0.15, -0.1) is 0 Å². The van der Waals surface area contributed by atoms with Crippen LogP contribution in [0, 0.1) is 0 Å². The lowest BCUT2D eigenvalue weighted by Crippen LogP contribution is -2.20. The second-order valence-electron chi connectivity index (χ2n) is 1.69. The molecule has 0 fully saturated rings. The molecule has 4 heteroatoms.